The average Bonchev–Trinajstić information content (AvgIpc) is 2.79. The monoisotopic (exact) mass is 446 g/mol. The number of rotatable bonds is 5. The zero-order valence-electron chi connectivity index (χ0n) is 16.9. The summed E-state index contributed by atoms with van der Waals surface area (Å²) in [6.07, 6.45) is -6.41. The van der Waals surface area contributed by atoms with Gasteiger partial charge in [-0.05, 0) is 17.7 Å². The predicted molar refractivity (Wildman–Crippen MR) is 111 cm³/mol. The lowest BCUT2D eigenvalue weighted by Gasteiger charge is -2.39. The number of phenolic OH excluding ortho intramolecular Hbond substituents is 1. The highest BCUT2D eigenvalue weighted by Gasteiger charge is 2.45. The van der Waals surface area contributed by atoms with Crippen molar-refractivity contribution in [3.05, 3.63) is 52.9 Å². The molecule has 1 saturated heterocycles. The molecule has 2 heterocycles. The van der Waals surface area contributed by atoms with Crippen LogP contribution >= 0.6 is 0 Å². The second-order valence-corrected chi connectivity index (χ2v) is 7.34. The summed E-state index contributed by atoms with van der Waals surface area (Å²) in [5.74, 6) is 0.154. The molecule has 1 aliphatic rings. The van der Waals surface area contributed by atoms with Gasteiger partial charge in [0.15, 0.2) is 0 Å². The van der Waals surface area contributed by atoms with Crippen molar-refractivity contribution in [2.45, 2.75) is 30.7 Å². The molecule has 0 spiro atoms. The zero-order chi connectivity index (χ0) is 23.0. The van der Waals surface area contributed by atoms with E-state index >= 15 is 0 Å². The smallest absolute Gasteiger partial charge is 0.229 e. The van der Waals surface area contributed by atoms with E-state index < -0.39 is 42.7 Å². The van der Waals surface area contributed by atoms with Crippen LogP contribution in [0.5, 0.6) is 17.2 Å². The summed E-state index contributed by atoms with van der Waals surface area (Å²) in [6.45, 7) is -0.644. The molecule has 2 aromatic carbocycles. The number of aromatic hydroxyl groups is 1. The van der Waals surface area contributed by atoms with Gasteiger partial charge in [-0.2, -0.15) is 0 Å². The molecule has 170 valence electrons. The molecule has 0 radical (unpaired) electrons. The Hall–Kier alpha value is -3.15. The lowest BCUT2D eigenvalue weighted by atomic mass is 9.99. The Bertz CT molecular complexity index is 1150. The van der Waals surface area contributed by atoms with E-state index in [0.29, 0.717) is 11.3 Å². The summed E-state index contributed by atoms with van der Waals surface area (Å²) in [6, 6.07) is 9.08. The number of benzene rings is 2. The molecule has 1 aromatic heterocycles. The summed E-state index contributed by atoms with van der Waals surface area (Å²) < 4.78 is 21.6. The molecule has 4 rings (SSSR count). The van der Waals surface area contributed by atoms with Crippen LogP contribution in [0.2, 0.25) is 0 Å². The SMILES string of the molecule is COc1ccc(-c2coc3cc(O)cc(O[C@@H]4O[C@H](CO)[C@@H](O)[C@H](O)[C@H]4O)c3c2=O)cc1. The van der Waals surface area contributed by atoms with E-state index in [0.717, 1.165) is 6.07 Å². The zero-order valence-corrected chi connectivity index (χ0v) is 16.9. The molecule has 10 nitrogen and oxygen atoms in total. The summed E-state index contributed by atoms with van der Waals surface area (Å²) in [5, 5.41) is 49.6. The van der Waals surface area contributed by atoms with Crippen molar-refractivity contribution >= 4 is 11.0 Å². The minimum absolute atomic E-state index is 0.0202. The first-order chi connectivity index (χ1) is 15.3. The van der Waals surface area contributed by atoms with Crippen LogP contribution in [0.3, 0.4) is 0 Å². The van der Waals surface area contributed by atoms with Gasteiger partial charge in [0.2, 0.25) is 11.7 Å². The van der Waals surface area contributed by atoms with Gasteiger partial charge in [-0.1, -0.05) is 12.1 Å². The number of phenols is 1. The Labute approximate surface area is 181 Å². The molecule has 32 heavy (non-hydrogen) atoms. The Morgan fingerprint density at radius 3 is 2.41 bits per heavy atom. The van der Waals surface area contributed by atoms with Crippen LogP contribution in [0.25, 0.3) is 22.1 Å². The number of aliphatic hydroxyl groups excluding tert-OH is 4. The third kappa shape index (κ3) is 3.90. The highest BCUT2D eigenvalue weighted by atomic mass is 16.7. The number of hydrogen-bond acceptors (Lipinski definition) is 10. The Balaban J connectivity index is 1.78. The minimum atomic E-state index is -1.69. The van der Waals surface area contributed by atoms with Crippen molar-refractivity contribution in [3.8, 4) is 28.4 Å². The van der Waals surface area contributed by atoms with Crippen LogP contribution in [0.15, 0.2) is 51.9 Å². The van der Waals surface area contributed by atoms with Crippen LogP contribution < -0.4 is 14.9 Å². The molecule has 10 heteroatoms. The van der Waals surface area contributed by atoms with E-state index in [4.69, 9.17) is 18.6 Å². The molecule has 3 aromatic rings. The summed E-state index contributed by atoms with van der Waals surface area (Å²) >= 11 is 0. The number of ether oxygens (including phenoxy) is 3. The second kappa shape index (κ2) is 8.77. The van der Waals surface area contributed by atoms with Gasteiger partial charge in [0, 0.05) is 12.1 Å². The Morgan fingerprint density at radius 2 is 1.75 bits per heavy atom. The van der Waals surface area contributed by atoms with Gasteiger partial charge in [0.25, 0.3) is 0 Å². The van der Waals surface area contributed by atoms with Crippen molar-refractivity contribution in [1.29, 1.82) is 0 Å². The molecule has 1 aliphatic heterocycles. The van der Waals surface area contributed by atoms with Crippen molar-refractivity contribution in [2.75, 3.05) is 13.7 Å². The van der Waals surface area contributed by atoms with Crippen LogP contribution in [-0.2, 0) is 4.74 Å². The fourth-order valence-electron chi connectivity index (χ4n) is 3.56. The van der Waals surface area contributed by atoms with E-state index in [1.54, 1.807) is 24.3 Å². The summed E-state index contributed by atoms with van der Waals surface area (Å²) in [4.78, 5) is 13.3. The van der Waals surface area contributed by atoms with Gasteiger partial charge in [-0.3, -0.25) is 4.79 Å². The number of hydrogen-bond donors (Lipinski definition) is 5. The van der Waals surface area contributed by atoms with Crippen molar-refractivity contribution in [3.63, 3.8) is 0 Å². The first-order valence-electron chi connectivity index (χ1n) is 9.74. The maximum absolute atomic E-state index is 13.3. The molecule has 0 bridgehead atoms. The van der Waals surface area contributed by atoms with Crippen molar-refractivity contribution < 1.29 is 44.2 Å². The van der Waals surface area contributed by atoms with Gasteiger partial charge >= 0.3 is 0 Å². The summed E-state index contributed by atoms with van der Waals surface area (Å²) in [7, 11) is 1.52. The second-order valence-electron chi connectivity index (χ2n) is 7.34. The summed E-state index contributed by atoms with van der Waals surface area (Å²) in [5.41, 5.74) is 0.306. The highest BCUT2D eigenvalue weighted by Crippen LogP contribution is 2.33. The fraction of sp³-hybridized carbons (Fsp3) is 0.318. The molecule has 5 atom stereocenters. The number of aliphatic hydroxyl groups is 4. The van der Waals surface area contributed by atoms with E-state index in [1.165, 1.54) is 19.4 Å². The number of methoxy groups -OCH3 is 1. The van der Waals surface area contributed by atoms with Gasteiger partial charge in [-0.15, -0.1) is 0 Å². The minimum Gasteiger partial charge on any atom is -0.508 e. The molecular weight excluding hydrogens is 424 g/mol. The normalized spacial score (nSPS) is 25.6. The van der Waals surface area contributed by atoms with Crippen molar-refractivity contribution in [1.82, 2.24) is 0 Å². The largest absolute Gasteiger partial charge is 0.508 e. The molecular formula is C22H22O10. The van der Waals surface area contributed by atoms with Gasteiger partial charge in [0.05, 0.1) is 19.3 Å². The molecule has 0 unspecified atom stereocenters. The van der Waals surface area contributed by atoms with Gasteiger partial charge < -0.3 is 44.2 Å². The third-order valence-electron chi connectivity index (χ3n) is 5.32. The number of fused-ring (bicyclic) bond motifs is 1. The van der Waals surface area contributed by atoms with Crippen molar-refractivity contribution in [2.24, 2.45) is 0 Å². The van der Waals surface area contributed by atoms with E-state index in [1.807, 2.05) is 0 Å². The van der Waals surface area contributed by atoms with Crippen LogP contribution in [0.4, 0.5) is 0 Å². The molecule has 1 fully saturated rings. The van der Waals surface area contributed by atoms with E-state index in [9.17, 15) is 30.3 Å². The highest BCUT2D eigenvalue weighted by molar-refractivity contribution is 5.88. The maximum atomic E-state index is 13.3. The Kier molecular flexibility index (Phi) is 6.04. The quantitative estimate of drug-likeness (QED) is 0.370. The lowest BCUT2D eigenvalue weighted by molar-refractivity contribution is -0.277. The van der Waals surface area contributed by atoms with E-state index in [2.05, 4.69) is 0 Å². The van der Waals surface area contributed by atoms with E-state index in [-0.39, 0.29) is 28.0 Å². The maximum Gasteiger partial charge on any atom is 0.229 e. The molecule has 0 amide bonds. The van der Waals surface area contributed by atoms with Gasteiger partial charge in [0.1, 0.15) is 58.9 Å². The van der Waals surface area contributed by atoms with Gasteiger partial charge in [-0.25, -0.2) is 0 Å². The Morgan fingerprint density at radius 1 is 1.03 bits per heavy atom. The predicted octanol–water partition coefficient (Wildman–Crippen LogP) is 0.353. The van der Waals surface area contributed by atoms with Crippen LogP contribution in [0.1, 0.15) is 0 Å². The molecule has 0 aliphatic carbocycles. The fourth-order valence-corrected chi connectivity index (χ4v) is 3.56. The first-order valence-corrected chi connectivity index (χ1v) is 9.74. The molecule has 5 N–H and O–H groups in total. The topological polar surface area (TPSA) is 159 Å². The first kappa shape index (κ1) is 22.1. The molecule has 0 saturated carbocycles. The van der Waals surface area contributed by atoms with Crippen LogP contribution in [-0.4, -0.2) is 70.0 Å². The standard InChI is InChI=1S/C22H22O10/c1-29-12-4-2-10(3-5-12)13-9-30-14-6-11(24)7-15(17(14)18(13)25)31-22-21(28)20(27)19(26)16(8-23)32-22/h2-7,9,16,19-24,26-28H,8H2,1H3/t16-,19-,20+,21-,22-/m1/s1. The van der Waals surface area contributed by atoms with Crippen LogP contribution in [0, 0.1) is 0 Å². The third-order valence-corrected chi connectivity index (χ3v) is 5.32. The average molecular weight is 446 g/mol. The lowest BCUT2D eigenvalue weighted by Crippen LogP contribution is -2.60.